The van der Waals surface area contributed by atoms with Crippen molar-refractivity contribution in [1.82, 2.24) is 20.0 Å². The molecule has 1 saturated heterocycles. The van der Waals surface area contributed by atoms with E-state index in [1.165, 1.54) is 6.07 Å². The monoisotopic (exact) mass is 344 g/mol. The Morgan fingerprint density at radius 1 is 1.40 bits per heavy atom. The number of aromatic nitrogens is 2. The van der Waals surface area contributed by atoms with Crippen LogP contribution in [0.25, 0.3) is 0 Å². The Bertz CT molecular complexity index is 774. The maximum atomic E-state index is 13.8. The van der Waals surface area contributed by atoms with Gasteiger partial charge in [-0.2, -0.15) is 5.10 Å². The summed E-state index contributed by atoms with van der Waals surface area (Å²) >= 11 is 0. The zero-order chi connectivity index (χ0) is 17.8. The number of halogens is 1. The Hall–Kier alpha value is -2.70. The molecule has 1 atom stereocenters. The van der Waals surface area contributed by atoms with Crippen molar-refractivity contribution in [3.63, 3.8) is 0 Å². The van der Waals surface area contributed by atoms with Gasteiger partial charge in [-0.15, -0.1) is 0 Å². The normalized spacial score (nSPS) is 17.6. The first kappa shape index (κ1) is 17.1. The number of nitrogens with zero attached hydrogens (tertiary/aromatic N) is 3. The van der Waals surface area contributed by atoms with Crippen molar-refractivity contribution in [3.05, 3.63) is 53.6 Å². The van der Waals surface area contributed by atoms with Crippen LogP contribution in [0.2, 0.25) is 0 Å². The zero-order valence-electron chi connectivity index (χ0n) is 14.1. The van der Waals surface area contributed by atoms with Gasteiger partial charge in [0.25, 0.3) is 0 Å². The van der Waals surface area contributed by atoms with Gasteiger partial charge >= 0.3 is 0 Å². The van der Waals surface area contributed by atoms with E-state index in [4.69, 9.17) is 0 Å². The molecule has 1 N–H and O–H groups in total. The van der Waals surface area contributed by atoms with Crippen LogP contribution >= 0.6 is 0 Å². The molecule has 2 heterocycles. The third-order valence-electron chi connectivity index (χ3n) is 4.42. The van der Waals surface area contributed by atoms with Crippen LogP contribution in [0, 0.1) is 11.7 Å². The maximum Gasteiger partial charge on any atom is 0.225 e. The van der Waals surface area contributed by atoms with Gasteiger partial charge in [0.05, 0.1) is 12.1 Å². The second-order valence-corrected chi connectivity index (χ2v) is 6.34. The number of carbonyl (C=O) groups is 2. The lowest BCUT2D eigenvalue weighted by atomic mass is 9.96. The Kier molecular flexibility index (Phi) is 5.11. The van der Waals surface area contributed by atoms with Gasteiger partial charge in [-0.3, -0.25) is 14.3 Å². The molecule has 25 heavy (non-hydrogen) atoms. The van der Waals surface area contributed by atoms with E-state index in [1.54, 1.807) is 34.0 Å². The van der Waals surface area contributed by atoms with Gasteiger partial charge in [0.15, 0.2) is 0 Å². The highest BCUT2D eigenvalue weighted by molar-refractivity contribution is 5.83. The smallest absolute Gasteiger partial charge is 0.225 e. The topological polar surface area (TPSA) is 67.2 Å². The summed E-state index contributed by atoms with van der Waals surface area (Å²) in [7, 11) is 1.82. The minimum atomic E-state index is -0.335. The number of hydrogen-bond donors (Lipinski definition) is 1. The molecule has 2 aromatic rings. The molecular formula is C18H21FN4O2. The van der Waals surface area contributed by atoms with E-state index in [1.807, 2.05) is 13.2 Å². The SMILES string of the molecule is Cn1cc(CNC(=O)[C@@H]2CCC(=O)N(Cc3ccccc3F)C2)cn1. The van der Waals surface area contributed by atoms with Gasteiger partial charge in [-0.25, -0.2) is 4.39 Å². The molecule has 0 aliphatic carbocycles. The first-order valence-electron chi connectivity index (χ1n) is 8.29. The average Bonchev–Trinajstić information content (AvgIpc) is 3.02. The van der Waals surface area contributed by atoms with Crippen molar-refractivity contribution in [2.45, 2.75) is 25.9 Å². The van der Waals surface area contributed by atoms with E-state index >= 15 is 0 Å². The predicted molar refractivity (Wildman–Crippen MR) is 89.6 cm³/mol. The lowest BCUT2D eigenvalue weighted by Crippen LogP contribution is -2.45. The number of carbonyl (C=O) groups excluding carboxylic acids is 2. The molecule has 6 nitrogen and oxygen atoms in total. The van der Waals surface area contributed by atoms with Crippen LogP contribution in [0.1, 0.15) is 24.0 Å². The van der Waals surface area contributed by atoms with Crippen molar-refractivity contribution in [2.24, 2.45) is 13.0 Å². The van der Waals surface area contributed by atoms with Crippen molar-refractivity contribution in [2.75, 3.05) is 6.54 Å². The summed E-state index contributed by atoms with van der Waals surface area (Å²) in [5.74, 6) is -0.742. The van der Waals surface area contributed by atoms with Crippen LogP contribution in [0.4, 0.5) is 4.39 Å². The number of nitrogens with one attached hydrogen (secondary N) is 1. The minimum absolute atomic E-state index is 0.0421. The van der Waals surface area contributed by atoms with Gasteiger partial charge < -0.3 is 10.2 Å². The number of benzene rings is 1. The minimum Gasteiger partial charge on any atom is -0.352 e. The predicted octanol–water partition coefficient (Wildman–Crippen LogP) is 1.61. The van der Waals surface area contributed by atoms with Crippen molar-refractivity contribution in [3.8, 4) is 0 Å². The second kappa shape index (κ2) is 7.46. The first-order valence-corrected chi connectivity index (χ1v) is 8.29. The largest absolute Gasteiger partial charge is 0.352 e. The molecular weight excluding hydrogens is 323 g/mol. The number of likely N-dealkylation sites (tertiary alicyclic amines) is 1. The molecule has 0 unspecified atom stereocenters. The summed E-state index contributed by atoms with van der Waals surface area (Å²) in [5, 5.41) is 6.95. The fourth-order valence-electron chi connectivity index (χ4n) is 3.01. The maximum absolute atomic E-state index is 13.8. The molecule has 1 fully saturated rings. The highest BCUT2D eigenvalue weighted by Gasteiger charge is 2.30. The first-order chi connectivity index (χ1) is 12.0. The molecule has 0 saturated carbocycles. The van der Waals surface area contributed by atoms with E-state index in [0.717, 1.165) is 5.56 Å². The average molecular weight is 344 g/mol. The van der Waals surface area contributed by atoms with Gasteiger partial charge in [-0.1, -0.05) is 18.2 Å². The summed E-state index contributed by atoms with van der Waals surface area (Å²) in [6.45, 7) is 0.911. The van der Waals surface area contributed by atoms with Crippen LogP contribution in [0.15, 0.2) is 36.7 Å². The van der Waals surface area contributed by atoms with E-state index < -0.39 is 0 Å². The number of amides is 2. The third kappa shape index (κ3) is 4.23. The van der Waals surface area contributed by atoms with Gasteiger partial charge in [0.1, 0.15) is 5.82 Å². The molecule has 1 aromatic carbocycles. The fourth-order valence-corrected chi connectivity index (χ4v) is 3.01. The molecule has 1 aromatic heterocycles. The number of piperidine rings is 1. The molecule has 0 bridgehead atoms. The van der Waals surface area contributed by atoms with Gasteiger partial charge in [0.2, 0.25) is 11.8 Å². The molecule has 1 aliphatic heterocycles. The molecule has 1 aliphatic rings. The third-order valence-corrected chi connectivity index (χ3v) is 4.42. The van der Waals surface area contributed by atoms with Crippen LogP contribution < -0.4 is 5.32 Å². The van der Waals surface area contributed by atoms with Crippen molar-refractivity contribution < 1.29 is 14.0 Å². The van der Waals surface area contributed by atoms with E-state index in [-0.39, 0.29) is 30.1 Å². The molecule has 0 radical (unpaired) electrons. The van der Waals surface area contributed by atoms with Crippen LogP contribution in [-0.4, -0.2) is 33.0 Å². The summed E-state index contributed by atoms with van der Waals surface area (Å²) in [6.07, 6.45) is 4.37. The van der Waals surface area contributed by atoms with E-state index in [2.05, 4.69) is 10.4 Å². The number of hydrogen-bond acceptors (Lipinski definition) is 3. The Morgan fingerprint density at radius 2 is 2.20 bits per heavy atom. The zero-order valence-corrected chi connectivity index (χ0v) is 14.1. The number of rotatable bonds is 5. The van der Waals surface area contributed by atoms with E-state index in [9.17, 15) is 14.0 Å². The fraction of sp³-hybridized carbons (Fsp3) is 0.389. The van der Waals surface area contributed by atoms with Crippen LogP contribution in [0.5, 0.6) is 0 Å². The molecule has 3 rings (SSSR count). The summed E-state index contributed by atoms with van der Waals surface area (Å²) < 4.78 is 15.5. The Balaban J connectivity index is 1.58. The molecule has 0 spiro atoms. The van der Waals surface area contributed by atoms with Gasteiger partial charge in [0, 0.05) is 50.4 Å². The summed E-state index contributed by atoms with van der Waals surface area (Å²) in [4.78, 5) is 26.1. The molecule has 2 amide bonds. The van der Waals surface area contributed by atoms with Gasteiger partial charge in [-0.05, 0) is 12.5 Å². The molecule has 7 heteroatoms. The Morgan fingerprint density at radius 3 is 2.92 bits per heavy atom. The number of aryl methyl sites for hydroxylation is 1. The van der Waals surface area contributed by atoms with Crippen molar-refractivity contribution >= 4 is 11.8 Å². The standard InChI is InChI=1S/C18H21FN4O2/c1-22-10-13(9-21-22)8-20-18(25)15-6-7-17(24)23(12-15)11-14-4-2-3-5-16(14)19/h2-5,9-10,15H,6-8,11-12H2,1H3,(H,20,25)/t15-/m1/s1. The summed E-state index contributed by atoms with van der Waals surface area (Å²) in [5.41, 5.74) is 1.39. The second-order valence-electron chi connectivity index (χ2n) is 6.34. The highest BCUT2D eigenvalue weighted by Crippen LogP contribution is 2.21. The highest BCUT2D eigenvalue weighted by atomic mass is 19.1. The van der Waals surface area contributed by atoms with Crippen molar-refractivity contribution in [1.29, 1.82) is 0 Å². The lowest BCUT2D eigenvalue weighted by molar-refractivity contribution is -0.139. The quantitative estimate of drug-likeness (QED) is 0.896. The Labute approximate surface area is 145 Å². The van der Waals surface area contributed by atoms with Crippen LogP contribution in [0.3, 0.4) is 0 Å². The van der Waals surface area contributed by atoms with Crippen LogP contribution in [-0.2, 0) is 29.7 Å². The molecule has 132 valence electrons. The lowest BCUT2D eigenvalue weighted by Gasteiger charge is -2.32. The van der Waals surface area contributed by atoms with E-state index in [0.29, 0.717) is 31.5 Å². The summed E-state index contributed by atoms with van der Waals surface area (Å²) in [6, 6.07) is 6.40.